The van der Waals surface area contributed by atoms with Crippen molar-refractivity contribution in [2.24, 2.45) is 0 Å². The summed E-state index contributed by atoms with van der Waals surface area (Å²) in [6.07, 6.45) is 2.49. The maximum atomic E-state index is 14.5. The molecule has 5 heteroatoms. The number of ether oxygens (including phenoxy) is 1. The lowest BCUT2D eigenvalue weighted by atomic mass is 9.52. The quantitative estimate of drug-likeness (QED) is 0.576. The minimum absolute atomic E-state index is 0.0293. The number of ketones is 2. The van der Waals surface area contributed by atoms with Gasteiger partial charge in [0.05, 0.1) is 0 Å². The van der Waals surface area contributed by atoms with Crippen molar-refractivity contribution in [2.45, 2.75) is 48.2 Å². The van der Waals surface area contributed by atoms with E-state index in [1.54, 1.807) is 18.2 Å². The van der Waals surface area contributed by atoms with Gasteiger partial charge in [0, 0.05) is 13.2 Å². The Kier molecular flexibility index (Phi) is 4.74. The van der Waals surface area contributed by atoms with E-state index >= 15 is 0 Å². The summed E-state index contributed by atoms with van der Waals surface area (Å²) >= 11 is 0. The third kappa shape index (κ3) is 2.48. The molecular formula is C26H26O5. The predicted octanol–water partition coefficient (Wildman–Crippen LogP) is 2.64. The fourth-order valence-electron chi connectivity index (χ4n) is 5.98. The van der Waals surface area contributed by atoms with Crippen LogP contribution in [0.4, 0.5) is 0 Å². The number of fused-ring (bicyclic) bond motifs is 4. The normalized spacial score (nSPS) is 34.4. The van der Waals surface area contributed by atoms with Crippen molar-refractivity contribution in [2.75, 3.05) is 13.2 Å². The maximum absolute atomic E-state index is 14.5. The molecule has 0 spiro atoms. The number of carbonyl (C=O) groups is 2. The topological polar surface area (TPSA) is 83.8 Å². The lowest BCUT2D eigenvalue weighted by Crippen LogP contribution is -2.74. The van der Waals surface area contributed by atoms with Crippen molar-refractivity contribution in [1.29, 1.82) is 0 Å². The molecule has 1 aliphatic heterocycles. The number of benzene rings is 2. The highest BCUT2D eigenvalue weighted by Crippen LogP contribution is 2.61. The molecule has 5 rings (SSSR count). The van der Waals surface area contributed by atoms with E-state index in [0.29, 0.717) is 31.4 Å². The molecule has 2 aromatic rings. The van der Waals surface area contributed by atoms with Crippen molar-refractivity contribution in [3.63, 3.8) is 0 Å². The lowest BCUT2D eigenvalue weighted by molar-refractivity contribution is -0.196. The van der Waals surface area contributed by atoms with Crippen molar-refractivity contribution < 1.29 is 24.5 Å². The number of aliphatic hydroxyl groups excluding tert-OH is 1. The molecular weight excluding hydrogens is 392 g/mol. The molecule has 4 unspecified atom stereocenters. The van der Waals surface area contributed by atoms with Crippen LogP contribution < -0.4 is 0 Å². The lowest BCUT2D eigenvalue weighted by Gasteiger charge is -2.54. The second-order valence-electron chi connectivity index (χ2n) is 8.78. The number of aliphatic hydroxyl groups is 2. The number of allylic oxidation sites excluding steroid dienone is 1. The summed E-state index contributed by atoms with van der Waals surface area (Å²) in [6.45, 7) is 0.353. The number of hydrogen-bond donors (Lipinski definition) is 2. The minimum Gasteiger partial charge on any atom is -0.396 e. The molecule has 2 bridgehead atoms. The molecule has 2 fully saturated rings. The Balaban J connectivity index is 1.85. The van der Waals surface area contributed by atoms with Gasteiger partial charge < -0.3 is 14.9 Å². The van der Waals surface area contributed by atoms with Gasteiger partial charge in [-0.2, -0.15) is 0 Å². The van der Waals surface area contributed by atoms with Crippen LogP contribution in [0.5, 0.6) is 0 Å². The number of rotatable bonds is 5. The first kappa shape index (κ1) is 20.3. The van der Waals surface area contributed by atoms with Gasteiger partial charge in [-0.15, -0.1) is 0 Å². The van der Waals surface area contributed by atoms with Crippen LogP contribution >= 0.6 is 0 Å². The minimum atomic E-state index is -1.77. The summed E-state index contributed by atoms with van der Waals surface area (Å²) in [4.78, 5) is 28.5. The Hall–Kier alpha value is -2.60. The Morgan fingerprint density at radius 2 is 1.58 bits per heavy atom. The van der Waals surface area contributed by atoms with E-state index in [1.165, 1.54) is 0 Å². The SMILES string of the molecule is O=C1C2(c3ccccc3)C=C(CCCO)C(c3ccccc3)(C2=O)C2OCCCC12O. The van der Waals surface area contributed by atoms with Crippen LogP contribution in [0.15, 0.2) is 72.3 Å². The summed E-state index contributed by atoms with van der Waals surface area (Å²) < 4.78 is 6.11. The van der Waals surface area contributed by atoms with Crippen LogP contribution in [0.1, 0.15) is 36.8 Å². The highest BCUT2D eigenvalue weighted by molar-refractivity contribution is 6.27. The van der Waals surface area contributed by atoms with Crippen LogP contribution in [-0.2, 0) is 25.2 Å². The predicted molar refractivity (Wildman–Crippen MR) is 115 cm³/mol. The summed E-state index contributed by atoms with van der Waals surface area (Å²) in [6, 6.07) is 18.4. The summed E-state index contributed by atoms with van der Waals surface area (Å²) in [5.41, 5.74) is -2.56. The molecule has 1 saturated heterocycles. The van der Waals surface area contributed by atoms with E-state index in [1.807, 2.05) is 48.5 Å². The van der Waals surface area contributed by atoms with Crippen LogP contribution in [0.3, 0.4) is 0 Å². The van der Waals surface area contributed by atoms with Crippen molar-refractivity contribution >= 4 is 11.6 Å². The molecule has 0 amide bonds. The zero-order valence-corrected chi connectivity index (χ0v) is 17.3. The second kappa shape index (κ2) is 7.23. The first-order valence-electron chi connectivity index (χ1n) is 10.9. The fourth-order valence-corrected chi connectivity index (χ4v) is 5.98. The van der Waals surface area contributed by atoms with E-state index in [-0.39, 0.29) is 18.8 Å². The largest absolute Gasteiger partial charge is 0.396 e. The first-order valence-corrected chi connectivity index (χ1v) is 10.9. The van der Waals surface area contributed by atoms with Gasteiger partial charge in [-0.25, -0.2) is 0 Å². The smallest absolute Gasteiger partial charge is 0.188 e. The van der Waals surface area contributed by atoms with Gasteiger partial charge in [0.1, 0.15) is 16.9 Å². The molecule has 31 heavy (non-hydrogen) atoms. The molecule has 160 valence electrons. The fraction of sp³-hybridized carbons (Fsp3) is 0.385. The third-order valence-corrected chi connectivity index (χ3v) is 7.24. The Labute approximate surface area is 181 Å². The average Bonchev–Trinajstić information content (AvgIpc) is 3.04. The van der Waals surface area contributed by atoms with Crippen LogP contribution in [0.25, 0.3) is 0 Å². The summed E-state index contributed by atoms with van der Waals surface area (Å²) in [5.74, 6) is -0.752. The molecule has 1 saturated carbocycles. The highest BCUT2D eigenvalue weighted by atomic mass is 16.5. The molecule has 5 nitrogen and oxygen atoms in total. The number of carbonyl (C=O) groups excluding carboxylic acids is 2. The Morgan fingerprint density at radius 1 is 0.935 bits per heavy atom. The van der Waals surface area contributed by atoms with Gasteiger partial charge in [0.15, 0.2) is 17.2 Å². The Morgan fingerprint density at radius 3 is 2.23 bits per heavy atom. The second-order valence-corrected chi connectivity index (χ2v) is 8.78. The van der Waals surface area contributed by atoms with E-state index in [0.717, 1.165) is 11.1 Å². The zero-order chi connectivity index (χ0) is 21.7. The van der Waals surface area contributed by atoms with Crippen LogP contribution in [0, 0.1) is 0 Å². The van der Waals surface area contributed by atoms with Gasteiger partial charge >= 0.3 is 0 Å². The molecule has 1 heterocycles. The molecule has 2 aromatic carbocycles. The molecule has 3 aliphatic rings. The molecule has 2 aliphatic carbocycles. The number of hydrogen-bond acceptors (Lipinski definition) is 5. The van der Waals surface area contributed by atoms with Crippen LogP contribution in [0.2, 0.25) is 0 Å². The van der Waals surface area contributed by atoms with Crippen molar-refractivity contribution in [3.8, 4) is 0 Å². The van der Waals surface area contributed by atoms with E-state index in [4.69, 9.17) is 4.74 Å². The van der Waals surface area contributed by atoms with Crippen LogP contribution in [-0.4, -0.2) is 46.7 Å². The standard InChI is InChI=1S/C26H26O5/c27-15-7-13-20-17-24(18-9-3-1-4-10-18)21(28)25(30)14-8-16-31-23(25)26(20,22(24)29)19-11-5-2-6-12-19/h1-6,9-12,17,23,27,30H,7-8,13-16H2. The maximum Gasteiger partial charge on any atom is 0.188 e. The van der Waals surface area contributed by atoms with E-state index in [9.17, 15) is 19.8 Å². The zero-order valence-electron chi connectivity index (χ0n) is 17.3. The molecule has 2 N–H and O–H groups in total. The van der Waals surface area contributed by atoms with Gasteiger partial charge in [0.2, 0.25) is 0 Å². The van der Waals surface area contributed by atoms with Gasteiger partial charge in [0.25, 0.3) is 0 Å². The van der Waals surface area contributed by atoms with Crippen molar-refractivity contribution in [1.82, 2.24) is 0 Å². The molecule has 4 atom stereocenters. The molecule has 0 aromatic heterocycles. The third-order valence-electron chi connectivity index (χ3n) is 7.24. The summed E-state index contributed by atoms with van der Waals surface area (Å²) in [7, 11) is 0. The van der Waals surface area contributed by atoms with Crippen molar-refractivity contribution in [3.05, 3.63) is 83.4 Å². The van der Waals surface area contributed by atoms with E-state index in [2.05, 4.69) is 0 Å². The van der Waals surface area contributed by atoms with Gasteiger partial charge in [-0.1, -0.05) is 72.3 Å². The molecule has 0 radical (unpaired) electrons. The van der Waals surface area contributed by atoms with Gasteiger partial charge in [-0.05, 0) is 36.8 Å². The highest BCUT2D eigenvalue weighted by Gasteiger charge is 2.76. The Bertz CT molecular complexity index is 1050. The summed E-state index contributed by atoms with van der Waals surface area (Å²) in [5, 5.41) is 21.4. The number of Topliss-reactive ketones (excluding diaryl/α,β-unsaturated/α-hetero) is 2. The van der Waals surface area contributed by atoms with E-state index < -0.39 is 28.3 Å². The first-order chi connectivity index (χ1) is 15.0. The monoisotopic (exact) mass is 418 g/mol. The average molecular weight is 418 g/mol. The van der Waals surface area contributed by atoms with Gasteiger partial charge in [-0.3, -0.25) is 9.59 Å².